The number of nitrogens with two attached hydrogens (primary N) is 1. The molecule has 2 atom stereocenters. The van der Waals surface area contributed by atoms with Gasteiger partial charge in [-0.15, -0.1) is 11.3 Å². The molecule has 1 aliphatic heterocycles. The lowest BCUT2D eigenvalue weighted by molar-refractivity contribution is -0.124. The lowest BCUT2D eigenvalue weighted by Gasteiger charge is -2.24. The molecule has 3 N–H and O–H groups in total. The van der Waals surface area contributed by atoms with E-state index in [2.05, 4.69) is 20.7 Å². The number of hydrogen-bond acceptors (Lipinski definition) is 6. The lowest BCUT2D eigenvalue weighted by Crippen LogP contribution is -2.54. The molecule has 0 bridgehead atoms. The molecule has 14 heavy (non-hydrogen) atoms. The summed E-state index contributed by atoms with van der Waals surface area (Å²) in [4.78, 5) is 15.5. The van der Waals surface area contributed by atoms with Crippen LogP contribution in [-0.2, 0) is 10.3 Å². The third-order valence-electron chi connectivity index (χ3n) is 2.24. The van der Waals surface area contributed by atoms with Gasteiger partial charge in [-0.05, 0) is 6.92 Å². The second-order valence-corrected chi connectivity index (χ2v) is 3.91. The Morgan fingerprint density at radius 2 is 2.57 bits per heavy atom. The summed E-state index contributed by atoms with van der Waals surface area (Å²) in [6.45, 7) is 1.77. The molecule has 1 aliphatic rings. The van der Waals surface area contributed by atoms with Crippen LogP contribution in [0.5, 0.6) is 0 Å². The van der Waals surface area contributed by atoms with Crippen molar-refractivity contribution in [1.82, 2.24) is 10.4 Å². The first kappa shape index (κ1) is 9.07. The van der Waals surface area contributed by atoms with Gasteiger partial charge in [-0.25, -0.2) is 4.98 Å². The van der Waals surface area contributed by atoms with E-state index in [0.29, 0.717) is 5.01 Å². The largest absolute Gasteiger partial charge is 0.367 e. The Balaban J connectivity index is 2.48. The molecular formula is C7H9N5OS. The molecule has 1 aromatic heterocycles. The zero-order chi connectivity index (χ0) is 10.2. The minimum Gasteiger partial charge on any atom is -0.367 e. The molecule has 0 aliphatic carbocycles. The summed E-state index contributed by atoms with van der Waals surface area (Å²) in [7, 11) is 0. The Kier molecular flexibility index (Phi) is 1.95. The minimum atomic E-state index is -1.06. The van der Waals surface area contributed by atoms with Crippen molar-refractivity contribution in [2.45, 2.75) is 18.5 Å². The molecule has 0 saturated carbocycles. The highest BCUT2D eigenvalue weighted by atomic mass is 32.1. The predicted octanol–water partition coefficient (Wildman–Crippen LogP) is 0.183. The van der Waals surface area contributed by atoms with Crippen LogP contribution >= 0.6 is 11.3 Å². The molecule has 1 aromatic rings. The molecule has 0 aromatic carbocycles. The first-order chi connectivity index (χ1) is 6.68. The predicted molar refractivity (Wildman–Crippen MR) is 50.4 cm³/mol. The maximum atomic E-state index is 11.4. The molecule has 2 unspecified atom stereocenters. The van der Waals surface area contributed by atoms with Crippen LogP contribution < -0.4 is 11.2 Å². The summed E-state index contributed by atoms with van der Waals surface area (Å²) in [6.07, 6.45) is 1.62. The number of primary amides is 1. The van der Waals surface area contributed by atoms with Gasteiger partial charge in [0, 0.05) is 11.6 Å². The number of carbonyl (C=O) groups excluding carboxylic acids is 1. The van der Waals surface area contributed by atoms with Crippen molar-refractivity contribution in [3.8, 4) is 0 Å². The summed E-state index contributed by atoms with van der Waals surface area (Å²) in [6, 6.07) is -0.328. The van der Waals surface area contributed by atoms with Gasteiger partial charge >= 0.3 is 0 Å². The van der Waals surface area contributed by atoms with E-state index in [-0.39, 0.29) is 6.04 Å². The van der Waals surface area contributed by atoms with Gasteiger partial charge in [0.1, 0.15) is 11.0 Å². The Morgan fingerprint density at radius 1 is 1.79 bits per heavy atom. The van der Waals surface area contributed by atoms with Crippen molar-refractivity contribution < 1.29 is 4.79 Å². The monoisotopic (exact) mass is 211 g/mol. The van der Waals surface area contributed by atoms with Crippen molar-refractivity contribution in [2.24, 2.45) is 16.1 Å². The van der Waals surface area contributed by atoms with Gasteiger partial charge in [-0.3, -0.25) is 10.2 Å². The number of rotatable bonds is 2. The summed E-state index contributed by atoms with van der Waals surface area (Å²) < 4.78 is 0. The SMILES string of the molecule is CC1N=NNC1(C(N)=O)c1nccs1. The number of amides is 1. The van der Waals surface area contributed by atoms with Crippen molar-refractivity contribution in [2.75, 3.05) is 0 Å². The van der Waals surface area contributed by atoms with Crippen LogP contribution in [0.25, 0.3) is 0 Å². The third kappa shape index (κ3) is 1.02. The summed E-state index contributed by atoms with van der Waals surface area (Å²) in [5, 5.41) is 9.87. The molecule has 6 nitrogen and oxygen atoms in total. The van der Waals surface area contributed by atoms with Crippen molar-refractivity contribution >= 4 is 17.2 Å². The number of carbonyl (C=O) groups is 1. The van der Waals surface area contributed by atoms with E-state index in [9.17, 15) is 4.79 Å². The van der Waals surface area contributed by atoms with E-state index in [1.165, 1.54) is 11.3 Å². The lowest BCUT2D eigenvalue weighted by atomic mass is 9.93. The van der Waals surface area contributed by atoms with E-state index < -0.39 is 11.4 Å². The number of nitrogens with zero attached hydrogens (tertiary/aromatic N) is 3. The first-order valence-corrected chi connectivity index (χ1v) is 4.93. The second-order valence-electron chi connectivity index (χ2n) is 3.01. The average Bonchev–Trinajstić information content (AvgIpc) is 2.72. The van der Waals surface area contributed by atoms with Crippen LogP contribution in [0.3, 0.4) is 0 Å². The van der Waals surface area contributed by atoms with Crippen LogP contribution in [0, 0.1) is 0 Å². The topological polar surface area (TPSA) is 92.7 Å². The molecule has 2 heterocycles. The van der Waals surface area contributed by atoms with Gasteiger partial charge in [-0.2, -0.15) is 5.11 Å². The van der Waals surface area contributed by atoms with E-state index >= 15 is 0 Å². The van der Waals surface area contributed by atoms with Gasteiger partial charge in [0.15, 0.2) is 0 Å². The Hall–Kier alpha value is -1.50. The van der Waals surface area contributed by atoms with E-state index in [4.69, 9.17) is 5.73 Å². The number of nitrogens with one attached hydrogen (secondary N) is 1. The van der Waals surface area contributed by atoms with Gasteiger partial charge in [0.25, 0.3) is 5.91 Å². The standard InChI is InChI=1S/C7H9N5OS/c1-4-7(5(8)13,11-12-10-4)6-9-2-3-14-6/h2-4H,1H3,(H2,8,13)(H,10,11). The van der Waals surface area contributed by atoms with Crippen LogP contribution in [0.2, 0.25) is 0 Å². The fourth-order valence-corrected chi connectivity index (χ4v) is 2.26. The average molecular weight is 211 g/mol. The normalized spacial score (nSPS) is 30.2. The van der Waals surface area contributed by atoms with Crippen LogP contribution in [0.15, 0.2) is 21.9 Å². The highest BCUT2D eigenvalue weighted by Gasteiger charge is 2.49. The fraction of sp³-hybridized carbons (Fsp3) is 0.429. The zero-order valence-electron chi connectivity index (χ0n) is 7.47. The quantitative estimate of drug-likeness (QED) is 0.730. The fourth-order valence-electron chi connectivity index (χ4n) is 1.39. The van der Waals surface area contributed by atoms with Gasteiger partial charge < -0.3 is 5.73 Å². The molecule has 1 amide bonds. The molecule has 0 radical (unpaired) electrons. The molecular weight excluding hydrogens is 202 g/mol. The number of thiazole rings is 1. The van der Waals surface area contributed by atoms with Crippen LogP contribution in [0.4, 0.5) is 0 Å². The van der Waals surface area contributed by atoms with E-state index in [0.717, 1.165) is 0 Å². The zero-order valence-corrected chi connectivity index (χ0v) is 8.28. The Labute approximate surface area is 84.2 Å². The Bertz CT molecular complexity index is 375. The second kappa shape index (κ2) is 3.02. The van der Waals surface area contributed by atoms with Crippen molar-refractivity contribution in [3.05, 3.63) is 16.6 Å². The molecule has 0 saturated heterocycles. The minimum absolute atomic E-state index is 0.328. The van der Waals surface area contributed by atoms with Crippen molar-refractivity contribution in [3.63, 3.8) is 0 Å². The number of hydrogen-bond donors (Lipinski definition) is 2. The summed E-state index contributed by atoms with van der Waals surface area (Å²) in [5.74, 6) is -0.509. The van der Waals surface area contributed by atoms with Crippen LogP contribution in [0.1, 0.15) is 11.9 Å². The third-order valence-corrected chi connectivity index (χ3v) is 3.15. The smallest absolute Gasteiger partial charge is 0.254 e. The van der Waals surface area contributed by atoms with Crippen LogP contribution in [-0.4, -0.2) is 16.9 Å². The van der Waals surface area contributed by atoms with Crippen molar-refractivity contribution in [1.29, 1.82) is 0 Å². The maximum Gasteiger partial charge on any atom is 0.254 e. The highest BCUT2D eigenvalue weighted by Crippen LogP contribution is 2.32. The molecule has 7 heteroatoms. The first-order valence-electron chi connectivity index (χ1n) is 4.05. The number of aromatic nitrogens is 1. The highest BCUT2D eigenvalue weighted by molar-refractivity contribution is 7.09. The maximum absolute atomic E-state index is 11.4. The van der Waals surface area contributed by atoms with Gasteiger partial charge in [0.2, 0.25) is 5.54 Å². The molecule has 0 spiro atoms. The molecule has 2 rings (SSSR count). The molecule has 74 valence electrons. The van der Waals surface area contributed by atoms with E-state index in [1.54, 1.807) is 18.5 Å². The molecule has 0 fully saturated rings. The van der Waals surface area contributed by atoms with Gasteiger partial charge in [-0.1, -0.05) is 5.22 Å². The summed E-state index contributed by atoms with van der Waals surface area (Å²) in [5.41, 5.74) is 6.95. The Morgan fingerprint density at radius 3 is 3.00 bits per heavy atom. The summed E-state index contributed by atoms with van der Waals surface area (Å²) >= 11 is 1.36. The van der Waals surface area contributed by atoms with E-state index in [1.807, 2.05) is 0 Å². The van der Waals surface area contributed by atoms with Gasteiger partial charge in [0.05, 0.1) is 0 Å².